The van der Waals surface area contributed by atoms with Crippen LogP contribution in [0.3, 0.4) is 0 Å². The molecular weight excluding hydrogens is 342 g/mol. The summed E-state index contributed by atoms with van der Waals surface area (Å²) < 4.78 is 4.71. The fraction of sp³-hybridized carbons (Fsp3) is 0.333. The molecule has 6 heteroatoms. The van der Waals surface area contributed by atoms with Crippen LogP contribution >= 0.6 is 0 Å². The van der Waals surface area contributed by atoms with Gasteiger partial charge in [-0.05, 0) is 55.3 Å². The number of carbonyl (C=O) groups excluding carboxylic acids is 2. The zero-order chi connectivity index (χ0) is 19.1. The molecule has 2 aromatic carbocycles. The van der Waals surface area contributed by atoms with Gasteiger partial charge in [-0.2, -0.15) is 0 Å². The molecule has 1 aliphatic heterocycles. The number of nitrogens with one attached hydrogen (secondary N) is 2. The minimum absolute atomic E-state index is 0.0551. The second-order valence-electron chi connectivity index (χ2n) is 6.54. The predicted molar refractivity (Wildman–Crippen MR) is 107 cm³/mol. The maximum atomic E-state index is 12.1. The van der Waals surface area contributed by atoms with E-state index < -0.39 is 0 Å². The van der Waals surface area contributed by atoms with Crippen LogP contribution in [0.1, 0.15) is 29.6 Å². The third-order valence-electron chi connectivity index (χ3n) is 4.59. The van der Waals surface area contributed by atoms with Crippen LogP contribution in [0, 0.1) is 0 Å². The molecule has 1 heterocycles. The lowest BCUT2D eigenvalue weighted by molar-refractivity contribution is -0.115. The van der Waals surface area contributed by atoms with Crippen LogP contribution < -0.4 is 15.5 Å². The quantitative estimate of drug-likeness (QED) is 0.733. The van der Waals surface area contributed by atoms with Crippen molar-refractivity contribution in [1.29, 1.82) is 0 Å². The molecule has 142 valence electrons. The van der Waals surface area contributed by atoms with E-state index in [9.17, 15) is 9.59 Å². The van der Waals surface area contributed by atoms with Gasteiger partial charge in [0.15, 0.2) is 0 Å². The molecule has 6 nitrogen and oxygen atoms in total. The highest BCUT2D eigenvalue weighted by molar-refractivity contribution is 5.91. The van der Waals surface area contributed by atoms with Crippen molar-refractivity contribution in [1.82, 2.24) is 0 Å². The molecule has 0 saturated carbocycles. The fourth-order valence-electron chi connectivity index (χ4n) is 3.15. The number of anilines is 3. The highest BCUT2D eigenvalue weighted by atomic mass is 16.5. The molecule has 2 aromatic rings. The zero-order valence-corrected chi connectivity index (χ0v) is 15.5. The minimum Gasteiger partial charge on any atom is -0.465 e. The van der Waals surface area contributed by atoms with Crippen molar-refractivity contribution >= 4 is 28.9 Å². The summed E-state index contributed by atoms with van der Waals surface area (Å²) in [5.74, 6) is -0.436. The summed E-state index contributed by atoms with van der Waals surface area (Å²) in [5, 5.41) is 6.06. The van der Waals surface area contributed by atoms with Crippen LogP contribution in [0.2, 0.25) is 0 Å². The maximum Gasteiger partial charge on any atom is 0.337 e. The molecule has 0 radical (unpaired) electrons. The van der Waals surface area contributed by atoms with Crippen LogP contribution in [0.15, 0.2) is 48.5 Å². The Labute approximate surface area is 159 Å². The van der Waals surface area contributed by atoms with Gasteiger partial charge in [0.05, 0.1) is 12.7 Å². The van der Waals surface area contributed by atoms with Gasteiger partial charge in [-0.15, -0.1) is 0 Å². The summed E-state index contributed by atoms with van der Waals surface area (Å²) >= 11 is 0. The van der Waals surface area contributed by atoms with Crippen molar-refractivity contribution in [3.05, 3.63) is 54.1 Å². The SMILES string of the molecule is COC(=O)c1cccc(NCCC(=O)Nc2ccc(N3CCCC3)cc2)c1. The molecule has 1 fully saturated rings. The fourth-order valence-corrected chi connectivity index (χ4v) is 3.15. The van der Waals surface area contributed by atoms with Gasteiger partial charge >= 0.3 is 5.97 Å². The number of amides is 1. The molecular formula is C21H25N3O3. The molecule has 1 amide bonds. The smallest absolute Gasteiger partial charge is 0.337 e. The number of methoxy groups -OCH3 is 1. The van der Waals surface area contributed by atoms with Crippen molar-refractivity contribution in [2.75, 3.05) is 42.3 Å². The first-order valence-corrected chi connectivity index (χ1v) is 9.23. The number of esters is 1. The van der Waals surface area contributed by atoms with Crippen LogP contribution in [-0.4, -0.2) is 38.6 Å². The first kappa shape index (κ1) is 18.8. The third-order valence-corrected chi connectivity index (χ3v) is 4.59. The van der Waals surface area contributed by atoms with E-state index in [0.717, 1.165) is 24.5 Å². The highest BCUT2D eigenvalue weighted by Crippen LogP contribution is 2.22. The number of hydrogen-bond acceptors (Lipinski definition) is 5. The molecule has 0 unspecified atom stereocenters. The van der Waals surface area contributed by atoms with Crippen LogP contribution in [0.5, 0.6) is 0 Å². The monoisotopic (exact) mass is 367 g/mol. The zero-order valence-electron chi connectivity index (χ0n) is 15.5. The van der Waals surface area contributed by atoms with Crippen LogP contribution in [0.4, 0.5) is 17.1 Å². The lowest BCUT2D eigenvalue weighted by Gasteiger charge is -2.17. The average molecular weight is 367 g/mol. The second-order valence-corrected chi connectivity index (χ2v) is 6.54. The Morgan fingerprint density at radius 1 is 1.04 bits per heavy atom. The van der Waals surface area contributed by atoms with E-state index in [1.165, 1.54) is 25.6 Å². The van der Waals surface area contributed by atoms with Crippen molar-refractivity contribution in [3.8, 4) is 0 Å². The van der Waals surface area contributed by atoms with Gasteiger partial charge in [-0.25, -0.2) is 4.79 Å². The Kier molecular flexibility index (Phi) is 6.30. The van der Waals surface area contributed by atoms with E-state index >= 15 is 0 Å². The van der Waals surface area contributed by atoms with E-state index in [1.54, 1.807) is 18.2 Å². The van der Waals surface area contributed by atoms with Crippen molar-refractivity contribution in [3.63, 3.8) is 0 Å². The molecule has 0 spiro atoms. The van der Waals surface area contributed by atoms with Gasteiger partial charge in [0.25, 0.3) is 0 Å². The minimum atomic E-state index is -0.381. The molecule has 3 rings (SSSR count). The van der Waals surface area contributed by atoms with Gasteiger partial charge < -0.3 is 20.3 Å². The van der Waals surface area contributed by atoms with Gasteiger partial charge in [0.1, 0.15) is 0 Å². The van der Waals surface area contributed by atoms with Crippen molar-refractivity contribution < 1.29 is 14.3 Å². The first-order valence-electron chi connectivity index (χ1n) is 9.23. The van der Waals surface area contributed by atoms with Crippen molar-refractivity contribution in [2.45, 2.75) is 19.3 Å². The van der Waals surface area contributed by atoms with Crippen LogP contribution in [0.25, 0.3) is 0 Å². The summed E-state index contributed by atoms with van der Waals surface area (Å²) in [7, 11) is 1.35. The molecule has 0 aromatic heterocycles. The molecule has 0 bridgehead atoms. The van der Waals surface area contributed by atoms with E-state index in [-0.39, 0.29) is 11.9 Å². The van der Waals surface area contributed by atoms with Crippen LogP contribution in [-0.2, 0) is 9.53 Å². The lowest BCUT2D eigenvalue weighted by atomic mass is 10.2. The molecule has 27 heavy (non-hydrogen) atoms. The van der Waals surface area contributed by atoms with Crippen molar-refractivity contribution in [2.24, 2.45) is 0 Å². The normalized spacial score (nSPS) is 13.3. The second kappa shape index (κ2) is 9.07. The molecule has 1 saturated heterocycles. The molecule has 1 aliphatic rings. The number of ether oxygens (including phenoxy) is 1. The number of carbonyl (C=O) groups is 2. The molecule has 0 atom stereocenters. The third kappa shape index (κ3) is 5.23. The number of benzene rings is 2. The number of hydrogen-bond donors (Lipinski definition) is 2. The highest BCUT2D eigenvalue weighted by Gasteiger charge is 2.12. The van der Waals surface area contributed by atoms with E-state index in [1.807, 2.05) is 18.2 Å². The summed E-state index contributed by atoms with van der Waals surface area (Å²) in [5.41, 5.74) is 3.26. The Balaban J connectivity index is 1.45. The predicted octanol–water partition coefficient (Wildman–Crippen LogP) is 3.51. The Morgan fingerprint density at radius 2 is 1.78 bits per heavy atom. The maximum absolute atomic E-state index is 12.1. The standard InChI is InChI=1S/C21H25N3O3/c1-27-21(26)16-5-4-6-18(15-16)22-12-11-20(25)23-17-7-9-19(10-8-17)24-13-2-3-14-24/h4-10,15,22H,2-3,11-14H2,1H3,(H,23,25). The topological polar surface area (TPSA) is 70.7 Å². The largest absolute Gasteiger partial charge is 0.465 e. The lowest BCUT2D eigenvalue weighted by Crippen LogP contribution is -2.18. The first-order chi connectivity index (χ1) is 13.2. The molecule has 0 aliphatic carbocycles. The summed E-state index contributed by atoms with van der Waals surface area (Å²) in [6, 6.07) is 15.0. The van der Waals surface area contributed by atoms with E-state index in [0.29, 0.717) is 18.5 Å². The average Bonchev–Trinajstić information content (AvgIpc) is 3.23. The Hall–Kier alpha value is -3.02. The van der Waals surface area contributed by atoms with E-state index in [2.05, 4.69) is 27.7 Å². The number of rotatable bonds is 7. The summed E-state index contributed by atoms with van der Waals surface area (Å²) in [4.78, 5) is 26.0. The molecule has 2 N–H and O–H groups in total. The number of nitrogens with zero attached hydrogens (tertiary/aromatic N) is 1. The van der Waals surface area contributed by atoms with Gasteiger partial charge in [0, 0.05) is 43.1 Å². The Morgan fingerprint density at radius 3 is 2.48 bits per heavy atom. The Bertz CT molecular complexity index is 784. The summed E-state index contributed by atoms with van der Waals surface area (Å²) in [6.45, 7) is 2.69. The van der Waals surface area contributed by atoms with Gasteiger partial charge in [-0.3, -0.25) is 4.79 Å². The van der Waals surface area contributed by atoms with E-state index in [4.69, 9.17) is 4.74 Å². The van der Waals surface area contributed by atoms with Gasteiger partial charge in [-0.1, -0.05) is 6.07 Å². The summed E-state index contributed by atoms with van der Waals surface area (Å²) in [6.07, 6.45) is 2.82. The van der Waals surface area contributed by atoms with Gasteiger partial charge in [0.2, 0.25) is 5.91 Å².